The fourth-order valence-corrected chi connectivity index (χ4v) is 6.05. The molecular formula is C29H34Cl2FN5O4. The number of nitrogens with one attached hydrogen (secondary N) is 1. The third-order valence-electron chi connectivity index (χ3n) is 7.79. The van der Waals surface area contributed by atoms with Crippen LogP contribution in [-0.2, 0) is 25.6 Å². The molecule has 2 aromatic rings. The van der Waals surface area contributed by atoms with Crippen molar-refractivity contribution in [3.8, 4) is 0 Å². The lowest BCUT2D eigenvalue weighted by Gasteiger charge is -2.45. The van der Waals surface area contributed by atoms with E-state index in [1.54, 1.807) is 23.1 Å². The fourth-order valence-electron chi connectivity index (χ4n) is 5.74. The van der Waals surface area contributed by atoms with Gasteiger partial charge < -0.3 is 26.6 Å². The first kappa shape index (κ1) is 30.7. The molecule has 2 unspecified atom stereocenters. The standard InChI is InChI=1S/C29H34Cl2FN5O4/c30-20-8-9-21(26(32)25(20)31)35-29(41)19(12-13-33)27-18-7-3-2-6-17(18)16-22(28(34)40)37(27)24(39)11-10-23(38)36-14-4-1-5-15-36/h2-3,6-9,19,22,27H,1,4-5,10-16,33H2,(H2,34,40)(H,35,41)/t19-,22?,27?/m0/s1. The van der Waals surface area contributed by atoms with Crippen LogP contribution >= 0.6 is 23.2 Å². The number of likely N-dealkylation sites (tertiary alicyclic amines) is 1. The third-order valence-corrected chi connectivity index (χ3v) is 8.57. The van der Waals surface area contributed by atoms with Gasteiger partial charge >= 0.3 is 0 Å². The minimum atomic E-state index is -1.05. The second-order valence-electron chi connectivity index (χ2n) is 10.4. The van der Waals surface area contributed by atoms with Gasteiger partial charge in [-0.25, -0.2) is 4.39 Å². The van der Waals surface area contributed by atoms with Crippen molar-refractivity contribution in [2.45, 2.75) is 57.0 Å². The Bertz CT molecular complexity index is 1320. The summed E-state index contributed by atoms with van der Waals surface area (Å²) in [6, 6.07) is 7.82. The molecule has 1 saturated heterocycles. The molecule has 2 aliphatic rings. The van der Waals surface area contributed by atoms with Crippen LogP contribution in [0.15, 0.2) is 36.4 Å². The number of benzene rings is 2. The maximum atomic E-state index is 14.8. The van der Waals surface area contributed by atoms with Crippen LogP contribution < -0.4 is 16.8 Å². The highest BCUT2D eigenvalue weighted by atomic mass is 35.5. The number of fused-ring (bicyclic) bond motifs is 1. The van der Waals surface area contributed by atoms with Crippen LogP contribution in [0.25, 0.3) is 0 Å². The number of anilines is 1. The summed E-state index contributed by atoms with van der Waals surface area (Å²) in [5.41, 5.74) is 12.9. The third kappa shape index (κ3) is 6.82. The Morgan fingerprint density at radius 2 is 1.68 bits per heavy atom. The summed E-state index contributed by atoms with van der Waals surface area (Å²) >= 11 is 11.8. The smallest absolute Gasteiger partial charge is 0.240 e. The maximum Gasteiger partial charge on any atom is 0.240 e. The normalized spacial score (nSPS) is 19.3. The van der Waals surface area contributed by atoms with Crippen molar-refractivity contribution in [1.29, 1.82) is 0 Å². The van der Waals surface area contributed by atoms with E-state index in [4.69, 9.17) is 34.7 Å². The van der Waals surface area contributed by atoms with Crippen molar-refractivity contribution in [2.24, 2.45) is 17.4 Å². The minimum Gasteiger partial charge on any atom is -0.368 e. The molecule has 1 fully saturated rings. The number of nitrogens with two attached hydrogens (primary N) is 2. The lowest BCUT2D eigenvalue weighted by molar-refractivity contribution is -0.147. The second-order valence-corrected chi connectivity index (χ2v) is 11.2. The minimum absolute atomic E-state index is 0.0120. The number of carbonyl (C=O) groups is 4. The number of primary amides is 1. The number of piperidine rings is 1. The molecule has 0 radical (unpaired) electrons. The SMILES string of the molecule is NCC[C@H](C(=O)Nc1ccc(Cl)c(Cl)c1F)C1c2ccccc2CC(C(N)=O)N1C(=O)CCC(=O)N1CCCCC1. The highest BCUT2D eigenvalue weighted by Gasteiger charge is 2.45. The van der Waals surface area contributed by atoms with Crippen LogP contribution in [0.1, 0.15) is 55.7 Å². The van der Waals surface area contributed by atoms with Gasteiger partial charge in [0.15, 0.2) is 5.82 Å². The highest BCUT2D eigenvalue weighted by molar-refractivity contribution is 6.42. The Morgan fingerprint density at radius 3 is 2.37 bits per heavy atom. The average Bonchev–Trinajstić information content (AvgIpc) is 2.98. The van der Waals surface area contributed by atoms with Gasteiger partial charge in [0, 0.05) is 32.4 Å². The van der Waals surface area contributed by atoms with Gasteiger partial charge in [0.1, 0.15) is 6.04 Å². The van der Waals surface area contributed by atoms with Gasteiger partial charge in [0.2, 0.25) is 23.6 Å². The van der Waals surface area contributed by atoms with E-state index in [2.05, 4.69) is 5.32 Å². The second kappa shape index (κ2) is 13.6. The summed E-state index contributed by atoms with van der Waals surface area (Å²) in [6.45, 7) is 1.37. The summed E-state index contributed by atoms with van der Waals surface area (Å²) in [4.78, 5) is 56.2. The maximum absolute atomic E-state index is 14.8. The van der Waals surface area contributed by atoms with Crippen LogP contribution in [-0.4, -0.2) is 59.1 Å². The topological polar surface area (TPSA) is 139 Å². The zero-order valence-corrected chi connectivity index (χ0v) is 24.1. The molecule has 41 heavy (non-hydrogen) atoms. The summed E-state index contributed by atoms with van der Waals surface area (Å²) in [5, 5.41) is 2.21. The van der Waals surface area contributed by atoms with Crippen molar-refractivity contribution in [3.05, 3.63) is 63.4 Å². The Labute approximate surface area is 248 Å². The Kier molecular flexibility index (Phi) is 10.2. The summed E-state index contributed by atoms with van der Waals surface area (Å²) < 4.78 is 14.8. The Balaban J connectivity index is 1.69. The quantitative estimate of drug-likeness (QED) is 0.373. The summed E-state index contributed by atoms with van der Waals surface area (Å²) in [6.07, 6.45) is 2.98. The molecule has 0 saturated carbocycles. The summed E-state index contributed by atoms with van der Waals surface area (Å²) in [7, 11) is 0. The number of rotatable bonds is 9. The largest absolute Gasteiger partial charge is 0.368 e. The van der Waals surface area contributed by atoms with Gasteiger partial charge in [-0.3, -0.25) is 19.2 Å². The van der Waals surface area contributed by atoms with Gasteiger partial charge in [0.25, 0.3) is 0 Å². The lowest BCUT2D eigenvalue weighted by atomic mass is 9.79. The van der Waals surface area contributed by atoms with Crippen LogP contribution in [0.2, 0.25) is 10.0 Å². The monoisotopic (exact) mass is 605 g/mol. The molecule has 3 atom stereocenters. The first-order valence-corrected chi connectivity index (χ1v) is 14.5. The van der Waals surface area contributed by atoms with Gasteiger partial charge in [-0.05, 0) is 55.5 Å². The lowest BCUT2D eigenvalue weighted by Crippen LogP contribution is -2.56. The molecule has 2 aliphatic heterocycles. The molecule has 9 nitrogen and oxygen atoms in total. The van der Waals surface area contributed by atoms with E-state index in [1.165, 1.54) is 17.0 Å². The molecule has 5 N–H and O–H groups in total. The molecule has 2 aromatic carbocycles. The predicted molar refractivity (Wildman–Crippen MR) is 155 cm³/mol. The predicted octanol–water partition coefficient (Wildman–Crippen LogP) is 3.81. The highest BCUT2D eigenvalue weighted by Crippen LogP contribution is 2.41. The van der Waals surface area contributed by atoms with E-state index in [1.807, 2.05) is 6.07 Å². The van der Waals surface area contributed by atoms with Gasteiger partial charge in [-0.2, -0.15) is 0 Å². The van der Waals surface area contributed by atoms with Crippen molar-refractivity contribution in [1.82, 2.24) is 9.80 Å². The molecular weight excluding hydrogens is 572 g/mol. The first-order chi connectivity index (χ1) is 19.6. The fraction of sp³-hybridized carbons (Fsp3) is 0.448. The van der Waals surface area contributed by atoms with Crippen LogP contribution in [0.3, 0.4) is 0 Å². The van der Waals surface area contributed by atoms with Crippen LogP contribution in [0.5, 0.6) is 0 Å². The first-order valence-electron chi connectivity index (χ1n) is 13.7. The van der Waals surface area contributed by atoms with Crippen LogP contribution in [0, 0.1) is 11.7 Å². The Morgan fingerprint density at radius 1 is 1.00 bits per heavy atom. The number of amides is 4. The zero-order valence-electron chi connectivity index (χ0n) is 22.6. The molecule has 0 spiro atoms. The van der Waals surface area contributed by atoms with Gasteiger partial charge in [-0.15, -0.1) is 0 Å². The van der Waals surface area contributed by atoms with E-state index in [0.29, 0.717) is 18.7 Å². The molecule has 4 amide bonds. The van der Waals surface area contributed by atoms with Crippen molar-refractivity contribution in [3.63, 3.8) is 0 Å². The number of carbonyl (C=O) groups excluding carboxylic acids is 4. The van der Waals surface area contributed by atoms with Gasteiger partial charge in [0.05, 0.1) is 27.7 Å². The van der Waals surface area contributed by atoms with Crippen LogP contribution in [0.4, 0.5) is 10.1 Å². The van der Waals surface area contributed by atoms with Crippen molar-refractivity contribution < 1.29 is 23.6 Å². The van der Waals surface area contributed by atoms with E-state index >= 15 is 0 Å². The molecule has 12 heteroatoms. The van der Waals surface area contributed by atoms with Crippen molar-refractivity contribution >= 4 is 52.5 Å². The zero-order chi connectivity index (χ0) is 29.7. The number of nitrogens with zero attached hydrogens (tertiary/aromatic N) is 2. The molecule has 2 heterocycles. The van der Waals surface area contributed by atoms with E-state index < -0.39 is 41.5 Å². The summed E-state index contributed by atoms with van der Waals surface area (Å²) in [5.74, 6) is -3.85. The van der Waals surface area contributed by atoms with Gasteiger partial charge in [-0.1, -0.05) is 47.5 Å². The molecule has 0 aliphatic carbocycles. The molecule has 0 bridgehead atoms. The van der Waals surface area contributed by atoms with E-state index in [9.17, 15) is 23.6 Å². The molecule has 0 aromatic heterocycles. The number of hydrogen-bond donors (Lipinski definition) is 3. The van der Waals surface area contributed by atoms with E-state index in [0.717, 1.165) is 24.8 Å². The number of hydrogen-bond acceptors (Lipinski definition) is 5. The van der Waals surface area contributed by atoms with E-state index in [-0.39, 0.29) is 53.9 Å². The average molecular weight is 607 g/mol. The number of halogens is 3. The van der Waals surface area contributed by atoms with Crippen molar-refractivity contribution in [2.75, 3.05) is 25.0 Å². The molecule has 4 rings (SSSR count). The Hall–Kier alpha value is -3.21. The molecule has 220 valence electrons.